The van der Waals surface area contributed by atoms with E-state index in [1.165, 1.54) is 6.42 Å². The zero-order valence-electron chi connectivity index (χ0n) is 8.52. The molecule has 0 aromatic carbocycles. The molecule has 3 atom stereocenters. The number of hydrogen-bond donors (Lipinski definition) is 0. The molecule has 0 aliphatic heterocycles. The van der Waals surface area contributed by atoms with E-state index in [1.54, 1.807) is 0 Å². The number of rotatable bonds is 6. The van der Waals surface area contributed by atoms with Crippen molar-refractivity contribution in [1.82, 2.24) is 0 Å². The Hall–Kier alpha value is 0.0300. The minimum absolute atomic E-state index is 0.610. The molecule has 0 amide bonds. The fourth-order valence-electron chi connectivity index (χ4n) is 1.47. The van der Waals surface area contributed by atoms with Crippen molar-refractivity contribution in [3.63, 3.8) is 0 Å². The summed E-state index contributed by atoms with van der Waals surface area (Å²) in [4.78, 5) is 0. The molecule has 0 saturated heterocycles. The topological polar surface area (TPSA) is 0 Å². The number of alkyl halides is 1. The average molecular weight is 189 g/mol. The van der Waals surface area contributed by atoms with Crippen LogP contribution in [0.5, 0.6) is 0 Å². The fraction of sp³-hybridized carbons (Fsp3) is 0.818. The average Bonchev–Trinajstić information content (AvgIpc) is 2.11. The normalized spacial score (nSPS) is 18.3. The molecule has 12 heavy (non-hydrogen) atoms. The van der Waals surface area contributed by atoms with Crippen LogP contribution in [0, 0.1) is 17.8 Å². The predicted molar refractivity (Wildman–Crippen MR) is 57.6 cm³/mol. The molecule has 1 heteroatoms. The van der Waals surface area contributed by atoms with Gasteiger partial charge in [0.2, 0.25) is 0 Å². The first-order valence-electron chi connectivity index (χ1n) is 4.84. The number of hydrogen-bond acceptors (Lipinski definition) is 0. The van der Waals surface area contributed by atoms with Crippen LogP contribution in [0.2, 0.25) is 0 Å². The molecule has 0 bridgehead atoms. The Bertz CT molecular complexity index is 120. The minimum atomic E-state index is 0.610. The molecule has 0 aliphatic carbocycles. The lowest BCUT2D eigenvalue weighted by molar-refractivity contribution is 0.277. The van der Waals surface area contributed by atoms with Gasteiger partial charge in [0.05, 0.1) is 0 Å². The monoisotopic (exact) mass is 188 g/mol. The third-order valence-corrected chi connectivity index (χ3v) is 3.35. The molecular weight excluding hydrogens is 168 g/mol. The van der Waals surface area contributed by atoms with Gasteiger partial charge in [-0.25, -0.2) is 0 Å². The highest BCUT2D eigenvalue weighted by Gasteiger charge is 2.19. The molecule has 0 saturated carbocycles. The summed E-state index contributed by atoms with van der Waals surface area (Å²) in [6, 6.07) is 0. The third kappa shape index (κ3) is 3.62. The maximum Gasteiger partial charge on any atom is 0.0257 e. The lowest BCUT2D eigenvalue weighted by Crippen LogP contribution is -2.19. The number of halogens is 1. The van der Waals surface area contributed by atoms with E-state index in [4.69, 9.17) is 11.6 Å². The molecule has 0 radical (unpaired) electrons. The van der Waals surface area contributed by atoms with Crippen LogP contribution in [0.1, 0.15) is 33.6 Å². The molecule has 72 valence electrons. The van der Waals surface area contributed by atoms with Crippen molar-refractivity contribution in [2.24, 2.45) is 17.8 Å². The Morgan fingerprint density at radius 1 is 1.42 bits per heavy atom. The van der Waals surface area contributed by atoms with Gasteiger partial charge in [-0.2, -0.15) is 0 Å². The molecule has 0 heterocycles. The van der Waals surface area contributed by atoms with Gasteiger partial charge in [-0.3, -0.25) is 0 Å². The van der Waals surface area contributed by atoms with Gasteiger partial charge in [0.15, 0.2) is 0 Å². The van der Waals surface area contributed by atoms with Crippen LogP contribution in [0.25, 0.3) is 0 Å². The second kappa shape index (κ2) is 6.54. The molecule has 0 N–H and O–H groups in total. The summed E-state index contributed by atoms with van der Waals surface area (Å²) in [5, 5.41) is 0. The summed E-state index contributed by atoms with van der Waals surface area (Å²) in [6.07, 6.45) is 4.27. The summed E-state index contributed by atoms with van der Waals surface area (Å²) in [5.41, 5.74) is 0. The predicted octanol–water partition coefficient (Wildman–Crippen LogP) is 4.10. The van der Waals surface area contributed by atoms with Gasteiger partial charge in [0.25, 0.3) is 0 Å². The van der Waals surface area contributed by atoms with E-state index in [1.807, 2.05) is 6.08 Å². The van der Waals surface area contributed by atoms with Crippen molar-refractivity contribution < 1.29 is 0 Å². The minimum Gasteiger partial charge on any atom is -0.126 e. The standard InChI is InChI=1S/C11H21Cl/c1-5-7-11(8-12)10(4)9(3)6-2/h5,9-11H,1,6-8H2,2-4H3. The van der Waals surface area contributed by atoms with Crippen molar-refractivity contribution in [1.29, 1.82) is 0 Å². The molecule has 0 aliphatic rings. The van der Waals surface area contributed by atoms with Crippen LogP contribution < -0.4 is 0 Å². The molecule has 0 spiro atoms. The van der Waals surface area contributed by atoms with Gasteiger partial charge in [0.1, 0.15) is 0 Å². The lowest BCUT2D eigenvalue weighted by atomic mass is 9.82. The molecule has 0 fully saturated rings. The first-order chi connectivity index (χ1) is 5.67. The third-order valence-electron chi connectivity index (χ3n) is 2.95. The van der Waals surface area contributed by atoms with Crippen molar-refractivity contribution >= 4 is 11.6 Å². The van der Waals surface area contributed by atoms with E-state index >= 15 is 0 Å². The van der Waals surface area contributed by atoms with E-state index in [9.17, 15) is 0 Å². The summed E-state index contributed by atoms with van der Waals surface area (Å²) < 4.78 is 0. The van der Waals surface area contributed by atoms with Gasteiger partial charge in [-0.1, -0.05) is 33.3 Å². The van der Waals surface area contributed by atoms with E-state index in [2.05, 4.69) is 27.4 Å². The smallest absolute Gasteiger partial charge is 0.0257 e. The van der Waals surface area contributed by atoms with Crippen LogP contribution in [0.15, 0.2) is 12.7 Å². The molecular formula is C11H21Cl. The van der Waals surface area contributed by atoms with E-state index < -0.39 is 0 Å². The Balaban J connectivity index is 3.99. The highest BCUT2D eigenvalue weighted by Crippen LogP contribution is 2.26. The summed E-state index contributed by atoms with van der Waals surface area (Å²) >= 11 is 5.89. The molecule has 3 unspecified atom stereocenters. The van der Waals surface area contributed by atoms with E-state index in [0.29, 0.717) is 11.8 Å². The molecule has 0 rings (SSSR count). The molecule has 0 nitrogen and oxygen atoms in total. The van der Waals surface area contributed by atoms with Crippen molar-refractivity contribution in [3.05, 3.63) is 12.7 Å². The highest BCUT2D eigenvalue weighted by atomic mass is 35.5. The highest BCUT2D eigenvalue weighted by molar-refractivity contribution is 6.18. The Labute approximate surface area is 82.0 Å². The quantitative estimate of drug-likeness (QED) is 0.435. The van der Waals surface area contributed by atoms with Gasteiger partial charge in [-0.05, 0) is 24.2 Å². The van der Waals surface area contributed by atoms with Crippen molar-refractivity contribution in [2.75, 3.05) is 5.88 Å². The van der Waals surface area contributed by atoms with Crippen molar-refractivity contribution in [3.8, 4) is 0 Å². The second-order valence-corrected chi connectivity index (χ2v) is 3.99. The van der Waals surface area contributed by atoms with E-state index in [0.717, 1.165) is 18.2 Å². The second-order valence-electron chi connectivity index (χ2n) is 3.68. The SMILES string of the molecule is C=CCC(CCl)C(C)C(C)CC. The lowest BCUT2D eigenvalue weighted by Gasteiger charge is -2.25. The largest absolute Gasteiger partial charge is 0.126 e. The van der Waals surface area contributed by atoms with Gasteiger partial charge < -0.3 is 0 Å². The maximum atomic E-state index is 5.89. The zero-order valence-corrected chi connectivity index (χ0v) is 9.27. The van der Waals surface area contributed by atoms with Crippen LogP contribution in [0.4, 0.5) is 0 Å². The van der Waals surface area contributed by atoms with E-state index in [-0.39, 0.29) is 0 Å². The van der Waals surface area contributed by atoms with Crippen molar-refractivity contribution in [2.45, 2.75) is 33.6 Å². The summed E-state index contributed by atoms with van der Waals surface area (Å²) in [5.74, 6) is 2.86. The summed E-state index contributed by atoms with van der Waals surface area (Å²) in [7, 11) is 0. The van der Waals surface area contributed by atoms with Crippen LogP contribution in [-0.4, -0.2) is 5.88 Å². The first-order valence-corrected chi connectivity index (χ1v) is 5.37. The Morgan fingerprint density at radius 2 is 2.00 bits per heavy atom. The van der Waals surface area contributed by atoms with Crippen LogP contribution in [-0.2, 0) is 0 Å². The zero-order chi connectivity index (χ0) is 9.56. The fourth-order valence-corrected chi connectivity index (χ4v) is 1.88. The van der Waals surface area contributed by atoms with Gasteiger partial charge in [0, 0.05) is 5.88 Å². The number of allylic oxidation sites excluding steroid dienone is 1. The Morgan fingerprint density at radius 3 is 2.33 bits per heavy atom. The molecule has 0 aromatic rings. The van der Waals surface area contributed by atoms with Gasteiger partial charge >= 0.3 is 0 Å². The summed E-state index contributed by atoms with van der Waals surface area (Å²) in [6.45, 7) is 10.6. The van der Waals surface area contributed by atoms with Crippen LogP contribution >= 0.6 is 11.6 Å². The Kier molecular flexibility index (Phi) is 6.55. The first kappa shape index (κ1) is 12.0. The van der Waals surface area contributed by atoms with Gasteiger partial charge in [-0.15, -0.1) is 18.2 Å². The molecule has 0 aromatic heterocycles. The van der Waals surface area contributed by atoms with Crippen LogP contribution in [0.3, 0.4) is 0 Å². The maximum absolute atomic E-state index is 5.89.